The van der Waals surface area contributed by atoms with Gasteiger partial charge in [0.2, 0.25) is 5.95 Å². The number of aryl methyl sites for hydroxylation is 1. The Kier molecular flexibility index (Phi) is 3.25. The van der Waals surface area contributed by atoms with Crippen LogP contribution >= 0.6 is 0 Å². The molecule has 0 atom stereocenters. The molecule has 0 aliphatic carbocycles. The van der Waals surface area contributed by atoms with Crippen molar-refractivity contribution in [3.8, 4) is 5.69 Å². The average molecular weight is 215 g/mol. The molecule has 0 aliphatic heterocycles. The predicted octanol–water partition coefficient (Wildman–Crippen LogP) is 3.00. The van der Waals surface area contributed by atoms with Gasteiger partial charge in [-0.1, -0.05) is 25.1 Å². The zero-order valence-electron chi connectivity index (χ0n) is 9.77. The van der Waals surface area contributed by atoms with Crippen LogP contribution in [0.25, 0.3) is 5.69 Å². The number of nitrogens with one attached hydrogen (secondary N) is 1. The summed E-state index contributed by atoms with van der Waals surface area (Å²) in [5, 5.41) is 3.32. The minimum absolute atomic E-state index is 0.913. The number of imidazole rings is 1. The summed E-state index contributed by atoms with van der Waals surface area (Å²) in [6.07, 6.45) is 4.91. The monoisotopic (exact) mass is 215 g/mol. The van der Waals surface area contributed by atoms with Gasteiger partial charge in [0, 0.05) is 18.9 Å². The van der Waals surface area contributed by atoms with Crippen molar-refractivity contribution in [2.75, 3.05) is 11.9 Å². The van der Waals surface area contributed by atoms with E-state index in [9.17, 15) is 0 Å². The first-order valence-corrected chi connectivity index (χ1v) is 5.66. The second kappa shape index (κ2) is 4.84. The first kappa shape index (κ1) is 10.7. The lowest BCUT2D eigenvalue weighted by Crippen LogP contribution is -2.07. The fourth-order valence-electron chi connectivity index (χ4n) is 1.70. The van der Waals surface area contributed by atoms with Crippen molar-refractivity contribution in [3.05, 3.63) is 42.2 Å². The number of hydrogen-bond donors (Lipinski definition) is 1. The van der Waals surface area contributed by atoms with Gasteiger partial charge in [-0.05, 0) is 25.0 Å². The van der Waals surface area contributed by atoms with E-state index in [0.717, 1.165) is 18.9 Å². The Morgan fingerprint density at radius 3 is 2.88 bits per heavy atom. The van der Waals surface area contributed by atoms with Gasteiger partial charge < -0.3 is 5.32 Å². The number of para-hydroxylation sites is 1. The topological polar surface area (TPSA) is 29.9 Å². The molecular weight excluding hydrogens is 198 g/mol. The van der Waals surface area contributed by atoms with Gasteiger partial charge in [0.25, 0.3) is 0 Å². The largest absolute Gasteiger partial charge is 0.355 e. The first-order valence-electron chi connectivity index (χ1n) is 5.66. The van der Waals surface area contributed by atoms with Crippen molar-refractivity contribution in [3.63, 3.8) is 0 Å². The quantitative estimate of drug-likeness (QED) is 0.849. The Labute approximate surface area is 96.1 Å². The number of aromatic nitrogens is 2. The molecule has 1 heterocycles. The van der Waals surface area contributed by atoms with Gasteiger partial charge in [-0.2, -0.15) is 0 Å². The van der Waals surface area contributed by atoms with Gasteiger partial charge in [-0.3, -0.25) is 4.57 Å². The van der Waals surface area contributed by atoms with Crippen molar-refractivity contribution in [1.29, 1.82) is 0 Å². The summed E-state index contributed by atoms with van der Waals surface area (Å²) in [4.78, 5) is 4.32. The molecule has 3 heteroatoms. The zero-order chi connectivity index (χ0) is 11.4. The molecule has 1 aromatic carbocycles. The predicted molar refractivity (Wildman–Crippen MR) is 67.1 cm³/mol. The Balaban J connectivity index is 2.33. The maximum absolute atomic E-state index is 4.32. The van der Waals surface area contributed by atoms with Crippen LogP contribution in [-0.4, -0.2) is 16.1 Å². The van der Waals surface area contributed by atoms with Crippen LogP contribution in [0.3, 0.4) is 0 Å². The van der Waals surface area contributed by atoms with Gasteiger partial charge in [0.15, 0.2) is 0 Å². The molecule has 0 fully saturated rings. The molecule has 0 spiro atoms. The van der Waals surface area contributed by atoms with E-state index in [1.807, 2.05) is 18.5 Å². The molecule has 0 amide bonds. The number of rotatable bonds is 4. The summed E-state index contributed by atoms with van der Waals surface area (Å²) in [5.74, 6) is 0.913. The number of benzene rings is 1. The third-order valence-electron chi connectivity index (χ3n) is 2.55. The van der Waals surface area contributed by atoms with Crippen LogP contribution in [0.4, 0.5) is 5.95 Å². The molecule has 0 saturated carbocycles. The van der Waals surface area contributed by atoms with Crippen molar-refractivity contribution >= 4 is 5.95 Å². The highest BCUT2D eigenvalue weighted by atomic mass is 15.2. The standard InChI is InChI=1S/C13H17N3/c1-3-8-14-13-15-9-10-16(13)12-7-5-4-6-11(12)2/h4-7,9-10H,3,8H2,1-2H3,(H,14,15). The molecule has 0 unspecified atom stereocenters. The number of nitrogens with zero attached hydrogens (tertiary/aromatic N) is 2. The van der Waals surface area contributed by atoms with E-state index in [1.54, 1.807) is 0 Å². The Bertz CT molecular complexity index is 460. The number of hydrogen-bond acceptors (Lipinski definition) is 2. The zero-order valence-corrected chi connectivity index (χ0v) is 9.77. The van der Waals surface area contributed by atoms with Gasteiger partial charge in [-0.15, -0.1) is 0 Å². The summed E-state index contributed by atoms with van der Waals surface area (Å²) in [6, 6.07) is 8.31. The van der Waals surface area contributed by atoms with Crippen molar-refractivity contribution < 1.29 is 0 Å². The van der Waals surface area contributed by atoms with E-state index >= 15 is 0 Å². The first-order chi connectivity index (χ1) is 7.83. The highest BCUT2D eigenvalue weighted by Gasteiger charge is 2.05. The molecular formula is C13H17N3. The van der Waals surface area contributed by atoms with Crippen molar-refractivity contribution in [2.24, 2.45) is 0 Å². The maximum atomic E-state index is 4.32. The van der Waals surface area contributed by atoms with Crippen molar-refractivity contribution in [1.82, 2.24) is 9.55 Å². The van der Waals surface area contributed by atoms with E-state index in [-0.39, 0.29) is 0 Å². The molecule has 1 N–H and O–H groups in total. The average Bonchev–Trinajstić information content (AvgIpc) is 2.75. The van der Waals surface area contributed by atoms with Crippen LogP contribution in [0.2, 0.25) is 0 Å². The van der Waals surface area contributed by atoms with E-state index in [1.165, 1.54) is 11.3 Å². The Morgan fingerprint density at radius 1 is 1.31 bits per heavy atom. The SMILES string of the molecule is CCCNc1nccn1-c1ccccc1C. The second-order valence-electron chi connectivity index (χ2n) is 3.83. The third kappa shape index (κ3) is 2.08. The summed E-state index contributed by atoms with van der Waals surface area (Å²) in [5.41, 5.74) is 2.43. The van der Waals surface area contributed by atoms with Crippen LogP contribution in [0.1, 0.15) is 18.9 Å². The Morgan fingerprint density at radius 2 is 2.12 bits per heavy atom. The van der Waals surface area contributed by atoms with Crippen LogP contribution in [0.5, 0.6) is 0 Å². The van der Waals surface area contributed by atoms with Crippen LogP contribution < -0.4 is 5.32 Å². The second-order valence-corrected chi connectivity index (χ2v) is 3.83. The molecule has 3 nitrogen and oxygen atoms in total. The summed E-state index contributed by atoms with van der Waals surface area (Å²) in [7, 11) is 0. The van der Waals surface area contributed by atoms with E-state index in [2.05, 4.69) is 46.9 Å². The normalized spacial score (nSPS) is 10.4. The summed E-state index contributed by atoms with van der Waals surface area (Å²) < 4.78 is 2.09. The highest BCUT2D eigenvalue weighted by Crippen LogP contribution is 2.17. The molecule has 2 rings (SSSR count). The summed E-state index contributed by atoms with van der Waals surface area (Å²) >= 11 is 0. The molecule has 1 aromatic heterocycles. The van der Waals surface area contributed by atoms with Gasteiger partial charge in [0.1, 0.15) is 0 Å². The molecule has 0 aliphatic rings. The number of anilines is 1. The molecule has 0 radical (unpaired) electrons. The lowest BCUT2D eigenvalue weighted by molar-refractivity contribution is 0.934. The molecule has 2 aromatic rings. The molecule has 84 valence electrons. The lowest BCUT2D eigenvalue weighted by atomic mass is 10.2. The summed E-state index contributed by atoms with van der Waals surface area (Å²) in [6.45, 7) is 5.20. The van der Waals surface area contributed by atoms with Crippen LogP contribution in [-0.2, 0) is 0 Å². The fourth-order valence-corrected chi connectivity index (χ4v) is 1.70. The third-order valence-corrected chi connectivity index (χ3v) is 2.55. The smallest absolute Gasteiger partial charge is 0.207 e. The van der Waals surface area contributed by atoms with Gasteiger partial charge in [-0.25, -0.2) is 4.98 Å². The lowest BCUT2D eigenvalue weighted by Gasteiger charge is -2.11. The van der Waals surface area contributed by atoms with Gasteiger partial charge >= 0.3 is 0 Å². The van der Waals surface area contributed by atoms with Crippen molar-refractivity contribution in [2.45, 2.75) is 20.3 Å². The molecule has 0 bridgehead atoms. The molecule has 16 heavy (non-hydrogen) atoms. The highest BCUT2D eigenvalue weighted by molar-refractivity contribution is 5.46. The molecule has 0 saturated heterocycles. The minimum atomic E-state index is 0.913. The van der Waals surface area contributed by atoms with Gasteiger partial charge in [0.05, 0.1) is 5.69 Å². The fraction of sp³-hybridized carbons (Fsp3) is 0.308. The van der Waals surface area contributed by atoms with E-state index in [0.29, 0.717) is 0 Å². The minimum Gasteiger partial charge on any atom is -0.355 e. The van der Waals surface area contributed by atoms with Crippen LogP contribution in [0.15, 0.2) is 36.7 Å². The van der Waals surface area contributed by atoms with Crippen LogP contribution in [0, 0.1) is 6.92 Å². The maximum Gasteiger partial charge on any atom is 0.207 e. The van der Waals surface area contributed by atoms with E-state index < -0.39 is 0 Å². The van der Waals surface area contributed by atoms with E-state index in [4.69, 9.17) is 0 Å². The Hall–Kier alpha value is -1.77.